The Morgan fingerprint density at radius 2 is 2.30 bits per heavy atom. The van der Waals surface area contributed by atoms with Crippen LogP contribution in [0.5, 0.6) is 5.75 Å². The number of nitro groups is 1. The molecule has 0 aliphatic carbocycles. The van der Waals surface area contributed by atoms with Crippen LogP contribution in [0.3, 0.4) is 0 Å². The summed E-state index contributed by atoms with van der Waals surface area (Å²) in [4.78, 5) is 14.6. The SMILES string of the molecule is CNCc1ccc(OCc2cncn2C)c([N+](=O)[O-])c1. The molecule has 0 aliphatic rings. The van der Waals surface area contributed by atoms with E-state index in [0.29, 0.717) is 6.54 Å². The Bertz CT molecular complexity index is 609. The van der Waals surface area contributed by atoms with Crippen molar-refractivity contribution in [1.82, 2.24) is 14.9 Å². The van der Waals surface area contributed by atoms with E-state index in [1.807, 2.05) is 13.1 Å². The second-order valence-electron chi connectivity index (χ2n) is 4.37. The van der Waals surface area contributed by atoms with Crippen LogP contribution in [0.15, 0.2) is 30.7 Å². The summed E-state index contributed by atoms with van der Waals surface area (Å²) >= 11 is 0. The van der Waals surface area contributed by atoms with Crippen molar-refractivity contribution in [3.05, 3.63) is 52.1 Å². The molecule has 106 valence electrons. The average Bonchev–Trinajstić information content (AvgIpc) is 2.83. The monoisotopic (exact) mass is 276 g/mol. The molecule has 7 nitrogen and oxygen atoms in total. The Kier molecular flexibility index (Phi) is 4.31. The molecular formula is C13H16N4O3. The maximum Gasteiger partial charge on any atom is 0.311 e. The van der Waals surface area contributed by atoms with Crippen molar-refractivity contribution in [3.63, 3.8) is 0 Å². The number of nitro benzene ring substituents is 1. The topological polar surface area (TPSA) is 82.2 Å². The molecule has 0 saturated heterocycles. The zero-order chi connectivity index (χ0) is 14.5. The quantitative estimate of drug-likeness (QED) is 0.640. The first kappa shape index (κ1) is 14.0. The summed E-state index contributed by atoms with van der Waals surface area (Å²) in [6, 6.07) is 4.96. The number of ether oxygens (including phenoxy) is 1. The second kappa shape index (κ2) is 6.16. The molecule has 0 radical (unpaired) electrons. The smallest absolute Gasteiger partial charge is 0.311 e. The molecule has 20 heavy (non-hydrogen) atoms. The lowest BCUT2D eigenvalue weighted by Gasteiger charge is -2.08. The largest absolute Gasteiger partial charge is 0.480 e. The molecule has 0 aliphatic heterocycles. The van der Waals surface area contributed by atoms with Crippen molar-refractivity contribution in [2.45, 2.75) is 13.2 Å². The van der Waals surface area contributed by atoms with Crippen LogP contribution in [0.4, 0.5) is 5.69 Å². The highest BCUT2D eigenvalue weighted by molar-refractivity contribution is 5.48. The van der Waals surface area contributed by atoms with Crippen LogP contribution in [0.2, 0.25) is 0 Å². The number of benzene rings is 1. The fourth-order valence-corrected chi connectivity index (χ4v) is 1.82. The highest BCUT2D eigenvalue weighted by Gasteiger charge is 2.16. The summed E-state index contributed by atoms with van der Waals surface area (Å²) < 4.78 is 7.34. The minimum absolute atomic E-state index is 0.0279. The maximum absolute atomic E-state index is 11.1. The molecule has 1 N–H and O–H groups in total. The predicted octanol–water partition coefficient (Wildman–Crippen LogP) is 1.63. The zero-order valence-corrected chi connectivity index (χ0v) is 11.4. The van der Waals surface area contributed by atoms with E-state index in [9.17, 15) is 10.1 Å². The lowest BCUT2D eigenvalue weighted by atomic mass is 10.2. The zero-order valence-electron chi connectivity index (χ0n) is 11.4. The first-order chi connectivity index (χ1) is 9.61. The highest BCUT2D eigenvalue weighted by atomic mass is 16.6. The summed E-state index contributed by atoms with van der Waals surface area (Å²) in [5.41, 5.74) is 1.66. The Balaban J connectivity index is 2.18. The summed E-state index contributed by atoms with van der Waals surface area (Å²) in [7, 11) is 3.63. The molecule has 0 unspecified atom stereocenters. The lowest BCUT2D eigenvalue weighted by Crippen LogP contribution is -2.07. The van der Waals surface area contributed by atoms with Gasteiger partial charge in [0, 0.05) is 19.7 Å². The number of rotatable bonds is 6. The van der Waals surface area contributed by atoms with Crippen molar-refractivity contribution >= 4 is 5.69 Å². The van der Waals surface area contributed by atoms with Crippen molar-refractivity contribution in [3.8, 4) is 5.75 Å². The van der Waals surface area contributed by atoms with Gasteiger partial charge in [0.05, 0.1) is 23.1 Å². The molecule has 0 bridgehead atoms. The van der Waals surface area contributed by atoms with E-state index in [1.165, 1.54) is 6.07 Å². The van der Waals surface area contributed by atoms with Gasteiger partial charge in [-0.1, -0.05) is 6.07 Å². The summed E-state index contributed by atoms with van der Waals surface area (Å²) in [6.07, 6.45) is 3.32. The maximum atomic E-state index is 11.1. The van der Waals surface area contributed by atoms with Gasteiger partial charge in [-0.15, -0.1) is 0 Å². The Morgan fingerprint density at radius 1 is 1.50 bits per heavy atom. The normalized spacial score (nSPS) is 10.5. The van der Waals surface area contributed by atoms with E-state index in [4.69, 9.17) is 4.74 Å². The van der Waals surface area contributed by atoms with Crippen molar-refractivity contribution in [2.24, 2.45) is 7.05 Å². The average molecular weight is 276 g/mol. The second-order valence-corrected chi connectivity index (χ2v) is 4.37. The molecule has 7 heteroatoms. The van der Waals surface area contributed by atoms with Gasteiger partial charge in [0.1, 0.15) is 6.61 Å². The minimum Gasteiger partial charge on any atom is -0.480 e. The summed E-state index contributed by atoms with van der Waals surface area (Å²) in [5.74, 6) is 0.260. The molecule has 0 saturated carbocycles. The van der Waals surface area contributed by atoms with Gasteiger partial charge >= 0.3 is 5.69 Å². The van der Waals surface area contributed by atoms with Crippen molar-refractivity contribution in [1.29, 1.82) is 0 Å². The Hall–Kier alpha value is -2.41. The van der Waals surface area contributed by atoms with Gasteiger partial charge in [-0.2, -0.15) is 0 Å². The number of aromatic nitrogens is 2. The molecule has 1 aromatic carbocycles. The molecule has 2 aromatic rings. The third-order valence-electron chi connectivity index (χ3n) is 2.89. The van der Waals surface area contributed by atoms with Crippen LogP contribution >= 0.6 is 0 Å². The van der Waals surface area contributed by atoms with Gasteiger partial charge in [-0.25, -0.2) is 4.98 Å². The van der Waals surface area contributed by atoms with E-state index >= 15 is 0 Å². The molecule has 0 atom stereocenters. The van der Waals surface area contributed by atoms with E-state index in [1.54, 1.807) is 30.2 Å². The van der Waals surface area contributed by atoms with E-state index in [-0.39, 0.29) is 18.0 Å². The number of aryl methyl sites for hydroxylation is 1. The van der Waals surface area contributed by atoms with Crippen molar-refractivity contribution < 1.29 is 9.66 Å². The number of hydrogen-bond acceptors (Lipinski definition) is 5. The van der Waals surface area contributed by atoms with Gasteiger partial charge < -0.3 is 14.6 Å². The number of nitrogens with zero attached hydrogens (tertiary/aromatic N) is 3. The minimum atomic E-state index is -0.433. The Morgan fingerprint density at radius 3 is 2.90 bits per heavy atom. The molecule has 1 aromatic heterocycles. The third-order valence-corrected chi connectivity index (χ3v) is 2.89. The molecule has 0 spiro atoms. The number of hydrogen-bond donors (Lipinski definition) is 1. The Labute approximate surface area is 116 Å². The van der Waals surface area contributed by atoms with Crippen LogP contribution in [0.25, 0.3) is 0 Å². The lowest BCUT2D eigenvalue weighted by molar-refractivity contribution is -0.386. The molecule has 0 amide bonds. The van der Waals surface area contributed by atoms with E-state index in [0.717, 1.165) is 11.3 Å². The predicted molar refractivity (Wildman–Crippen MR) is 73.4 cm³/mol. The first-order valence-corrected chi connectivity index (χ1v) is 6.11. The van der Waals surface area contributed by atoms with Crippen LogP contribution in [0, 0.1) is 10.1 Å². The third kappa shape index (κ3) is 3.12. The van der Waals surface area contributed by atoms with Crippen LogP contribution in [-0.2, 0) is 20.2 Å². The van der Waals surface area contributed by atoms with Gasteiger partial charge in [0.15, 0.2) is 5.75 Å². The van der Waals surface area contributed by atoms with E-state index in [2.05, 4.69) is 10.3 Å². The number of nitrogens with one attached hydrogen (secondary N) is 1. The van der Waals surface area contributed by atoms with Crippen LogP contribution in [-0.4, -0.2) is 21.5 Å². The molecular weight excluding hydrogens is 260 g/mol. The summed E-state index contributed by atoms with van der Waals surface area (Å²) in [6.45, 7) is 0.811. The molecule has 2 rings (SSSR count). The molecule has 0 fully saturated rings. The van der Waals surface area contributed by atoms with E-state index < -0.39 is 4.92 Å². The summed E-state index contributed by atoms with van der Waals surface area (Å²) in [5, 5.41) is 14.1. The van der Waals surface area contributed by atoms with Gasteiger partial charge in [0.2, 0.25) is 0 Å². The molecule has 1 heterocycles. The van der Waals surface area contributed by atoms with Crippen LogP contribution in [0.1, 0.15) is 11.3 Å². The van der Waals surface area contributed by atoms with Crippen molar-refractivity contribution in [2.75, 3.05) is 7.05 Å². The van der Waals surface area contributed by atoms with Crippen LogP contribution < -0.4 is 10.1 Å². The van der Waals surface area contributed by atoms with Gasteiger partial charge in [-0.3, -0.25) is 10.1 Å². The van der Waals surface area contributed by atoms with Gasteiger partial charge in [0.25, 0.3) is 0 Å². The van der Waals surface area contributed by atoms with Gasteiger partial charge in [-0.05, 0) is 18.7 Å². The highest BCUT2D eigenvalue weighted by Crippen LogP contribution is 2.28. The standard InChI is InChI=1S/C13H16N4O3/c1-14-6-10-3-4-13(12(5-10)17(18)19)20-8-11-7-15-9-16(11)2/h3-5,7,9,14H,6,8H2,1-2H3. The fourth-order valence-electron chi connectivity index (χ4n) is 1.82. The number of imidazole rings is 1. The first-order valence-electron chi connectivity index (χ1n) is 6.11. The fraction of sp³-hybridized carbons (Fsp3) is 0.308.